The number of amides is 1. The molecule has 126 valence electrons. The zero-order chi connectivity index (χ0) is 17.4. The van der Waals surface area contributed by atoms with Gasteiger partial charge in [0.15, 0.2) is 5.65 Å². The van der Waals surface area contributed by atoms with Crippen LogP contribution < -0.4 is 10.9 Å². The second kappa shape index (κ2) is 6.14. The van der Waals surface area contributed by atoms with Gasteiger partial charge in [0.1, 0.15) is 11.2 Å². The van der Waals surface area contributed by atoms with E-state index in [1.165, 1.54) is 4.57 Å². The quantitative estimate of drug-likeness (QED) is 0.927. The minimum absolute atomic E-state index is 0.0724. The number of aromatic nitrogens is 4. The van der Waals surface area contributed by atoms with Crippen LogP contribution in [0.2, 0.25) is 0 Å². The highest BCUT2D eigenvalue weighted by Gasteiger charge is 2.21. The molecule has 0 fully saturated rings. The van der Waals surface area contributed by atoms with E-state index in [2.05, 4.69) is 15.4 Å². The molecule has 7 nitrogen and oxygen atoms in total. The van der Waals surface area contributed by atoms with Gasteiger partial charge in [-0.25, -0.2) is 9.67 Å². The molecule has 0 aliphatic rings. The van der Waals surface area contributed by atoms with E-state index in [-0.39, 0.29) is 29.5 Å². The summed E-state index contributed by atoms with van der Waals surface area (Å²) in [6, 6.07) is 0.0888. The third kappa shape index (κ3) is 3.60. The van der Waals surface area contributed by atoms with Crippen molar-refractivity contribution in [2.75, 3.05) is 0 Å². The normalized spacial score (nSPS) is 12.1. The van der Waals surface area contributed by atoms with E-state index in [1.807, 2.05) is 34.6 Å². The molecule has 2 aromatic heterocycles. The molecule has 23 heavy (non-hydrogen) atoms. The summed E-state index contributed by atoms with van der Waals surface area (Å²) in [6.07, 6.45) is 1.81. The smallest absolute Gasteiger partial charge is 0.264 e. The highest BCUT2D eigenvalue weighted by Crippen LogP contribution is 2.18. The first kappa shape index (κ1) is 17.2. The van der Waals surface area contributed by atoms with E-state index < -0.39 is 0 Å². The molecule has 2 heterocycles. The van der Waals surface area contributed by atoms with Crippen LogP contribution in [0.1, 0.15) is 46.9 Å². The molecule has 0 saturated heterocycles. The van der Waals surface area contributed by atoms with Crippen LogP contribution in [0, 0.1) is 6.92 Å². The summed E-state index contributed by atoms with van der Waals surface area (Å²) in [6.45, 7) is 11.9. The van der Waals surface area contributed by atoms with Crippen LogP contribution in [-0.2, 0) is 16.9 Å². The Hall–Kier alpha value is -2.18. The first-order chi connectivity index (χ1) is 10.6. The molecule has 2 rings (SSSR count). The van der Waals surface area contributed by atoms with Crippen LogP contribution in [0.5, 0.6) is 0 Å². The Balaban J connectivity index is 2.36. The van der Waals surface area contributed by atoms with Crippen molar-refractivity contribution in [2.45, 2.75) is 66.1 Å². The van der Waals surface area contributed by atoms with Crippen molar-refractivity contribution >= 4 is 16.9 Å². The van der Waals surface area contributed by atoms with Gasteiger partial charge < -0.3 is 5.32 Å². The second-order valence-electron chi connectivity index (χ2n) is 7.05. The lowest BCUT2D eigenvalue weighted by Gasteiger charge is -2.20. The van der Waals surface area contributed by atoms with E-state index in [1.54, 1.807) is 17.8 Å². The zero-order valence-electron chi connectivity index (χ0n) is 14.7. The number of nitrogens with one attached hydrogen (secondary N) is 1. The summed E-state index contributed by atoms with van der Waals surface area (Å²) < 4.78 is 3.30. The highest BCUT2D eigenvalue weighted by molar-refractivity contribution is 5.76. The Morgan fingerprint density at radius 3 is 2.57 bits per heavy atom. The van der Waals surface area contributed by atoms with Crippen LogP contribution in [0.4, 0.5) is 0 Å². The van der Waals surface area contributed by atoms with Crippen LogP contribution >= 0.6 is 0 Å². The summed E-state index contributed by atoms with van der Waals surface area (Å²) in [5.74, 6) is 0.516. The fourth-order valence-electron chi connectivity index (χ4n) is 2.47. The van der Waals surface area contributed by atoms with Crippen molar-refractivity contribution in [2.24, 2.45) is 0 Å². The lowest BCUT2D eigenvalue weighted by atomic mass is 10.1. The molecular formula is C16H25N5O2. The summed E-state index contributed by atoms with van der Waals surface area (Å²) >= 11 is 0. The number of hydrogen-bond acceptors (Lipinski definition) is 4. The molecular weight excluding hydrogens is 294 g/mol. The maximum atomic E-state index is 12.7. The highest BCUT2D eigenvalue weighted by atomic mass is 16.2. The molecule has 2 aromatic rings. The molecule has 0 spiro atoms. The Morgan fingerprint density at radius 1 is 1.35 bits per heavy atom. The number of fused-ring (bicyclic) bond motifs is 1. The van der Waals surface area contributed by atoms with E-state index in [9.17, 15) is 9.59 Å². The molecule has 1 N–H and O–H groups in total. The fraction of sp³-hybridized carbons (Fsp3) is 0.625. The van der Waals surface area contributed by atoms with E-state index >= 15 is 0 Å². The van der Waals surface area contributed by atoms with Crippen LogP contribution in [0.25, 0.3) is 11.0 Å². The van der Waals surface area contributed by atoms with Crippen LogP contribution in [0.15, 0.2) is 11.0 Å². The number of nitrogens with zero attached hydrogens (tertiary/aromatic N) is 4. The molecule has 0 aliphatic heterocycles. The van der Waals surface area contributed by atoms with Gasteiger partial charge >= 0.3 is 0 Å². The number of rotatable bonds is 4. The predicted octanol–water partition coefficient (Wildman–Crippen LogP) is 1.57. The molecule has 0 radical (unpaired) electrons. The van der Waals surface area contributed by atoms with Crippen molar-refractivity contribution in [1.29, 1.82) is 0 Å². The Labute approximate surface area is 135 Å². The van der Waals surface area contributed by atoms with Gasteiger partial charge in [0.05, 0.1) is 11.7 Å². The lowest BCUT2D eigenvalue weighted by Crippen LogP contribution is -2.33. The minimum Gasteiger partial charge on any atom is -0.354 e. The van der Waals surface area contributed by atoms with Gasteiger partial charge in [0.25, 0.3) is 5.56 Å². The first-order valence-corrected chi connectivity index (χ1v) is 7.86. The topological polar surface area (TPSA) is 81.8 Å². The van der Waals surface area contributed by atoms with Gasteiger partial charge in [0.2, 0.25) is 5.91 Å². The molecule has 0 bridgehead atoms. The molecule has 0 aliphatic carbocycles. The van der Waals surface area contributed by atoms with Gasteiger partial charge in [0, 0.05) is 19.0 Å². The monoisotopic (exact) mass is 319 g/mol. The molecule has 0 saturated carbocycles. The third-order valence-electron chi connectivity index (χ3n) is 3.53. The van der Waals surface area contributed by atoms with E-state index in [0.717, 1.165) is 0 Å². The Morgan fingerprint density at radius 2 is 2.00 bits per heavy atom. The first-order valence-electron chi connectivity index (χ1n) is 7.86. The summed E-state index contributed by atoms with van der Waals surface area (Å²) in [7, 11) is 0. The van der Waals surface area contributed by atoms with Gasteiger partial charge in [-0.3, -0.25) is 14.2 Å². The summed E-state index contributed by atoms with van der Waals surface area (Å²) in [5, 5.41) is 7.61. The third-order valence-corrected chi connectivity index (χ3v) is 3.53. The number of hydrogen-bond donors (Lipinski definition) is 1. The molecule has 0 unspecified atom stereocenters. The Bertz CT molecular complexity index is 780. The SMILES string of the molecule is Cc1nc2c(cnn2C(C)(C)C)c(=O)n1CCC(=O)NC(C)C. The zero-order valence-corrected chi connectivity index (χ0v) is 14.7. The molecule has 7 heteroatoms. The minimum atomic E-state index is -0.253. The van der Waals surface area contributed by atoms with Gasteiger partial charge in [-0.05, 0) is 41.5 Å². The van der Waals surface area contributed by atoms with Crippen molar-refractivity contribution in [3.05, 3.63) is 22.4 Å². The molecule has 0 atom stereocenters. The average Bonchev–Trinajstić information content (AvgIpc) is 2.81. The number of carbonyl (C=O) groups excluding carboxylic acids is 1. The maximum Gasteiger partial charge on any atom is 0.264 e. The van der Waals surface area contributed by atoms with Crippen molar-refractivity contribution in [1.82, 2.24) is 24.6 Å². The number of carbonyl (C=O) groups is 1. The van der Waals surface area contributed by atoms with E-state index in [4.69, 9.17) is 0 Å². The lowest BCUT2D eigenvalue weighted by molar-refractivity contribution is -0.121. The van der Waals surface area contributed by atoms with Crippen LogP contribution in [-0.4, -0.2) is 31.3 Å². The Kier molecular flexibility index (Phi) is 4.58. The second-order valence-corrected chi connectivity index (χ2v) is 7.05. The van der Waals surface area contributed by atoms with Crippen molar-refractivity contribution in [3.63, 3.8) is 0 Å². The predicted molar refractivity (Wildman–Crippen MR) is 89.4 cm³/mol. The average molecular weight is 319 g/mol. The fourth-order valence-corrected chi connectivity index (χ4v) is 2.47. The van der Waals surface area contributed by atoms with Crippen LogP contribution in [0.3, 0.4) is 0 Å². The van der Waals surface area contributed by atoms with Gasteiger partial charge in [-0.2, -0.15) is 5.10 Å². The van der Waals surface area contributed by atoms with Gasteiger partial charge in [-0.15, -0.1) is 0 Å². The van der Waals surface area contributed by atoms with Crippen molar-refractivity contribution in [3.8, 4) is 0 Å². The summed E-state index contributed by atoms with van der Waals surface area (Å²) in [5.41, 5.74) is 0.181. The van der Waals surface area contributed by atoms with E-state index in [0.29, 0.717) is 23.4 Å². The number of aryl methyl sites for hydroxylation is 1. The largest absolute Gasteiger partial charge is 0.354 e. The van der Waals surface area contributed by atoms with Gasteiger partial charge in [-0.1, -0.05) is 0 Å². The maximum absolute atomic E-state index is 12.7. The summed E-state index contributed by atoms with van der Waals surface area (Å²) in [4.78, 5) is 29.0. The van der Waals surface area contributed by atoms with Crippen molar-refractivity contribution < 1.29 is 4.79 Å². The molecule has 1 amide bonds. The molecule has 0 aromatic carbocycles. The standard InChI is InChI=1S/C16H25N5O2/c1-10(2)18-13(22)7-8-20-11(3)19-14-12(15(20)23)9-17-21(14)16(4,5)6/h9-10H,7-8H2,1-6H3,(H,18,22).